The monoisotopic (exact) mass is 187 g/mol. The zero-order valence-corrected chi connectivity index (χ0v) is 7.94. The summed E-state index contributed by atoms with van der Waals surface area (Å²) < 4.78 is 0. The number of amides is 1. The molecular weight excluding hydrogens is 174 g/mol. The molecule has 1 aromatic carbocycles. The van der Waals surface area contributed by atoms with E-state index in [0.717, 1.165) is 5.56 Å². The molecule has 0 aliphatic rings. The summed E-state index contributed by atoms with van der Waals surface area (Å²) in [6.45, 7) is 4.04. The molecule has 0 aliphatic carbocycles. The van der Waals surface area contributed by atoms with E-state index < -0.39 is 0 Å². The van der Waals surface area contributed by atoms with Crippen LogP contribution in [0, 0.1) is 0 Å². The number of rotatable bonds is 4. The molecule has 1 rings (SSSR count). The SMILES string of the molecule is C=C/C=C/C(=O)NCc1ccccc1. The first-order chi connectivity index (χ1) is 6.83. The van der Waals surface area contributed by atoms with Gasteiger partial charge < -0.3 is 5.32 Å². The molecule has 2 nitrogen and oxygen atoms in total. The van der Waals surface area contributed by atoms with Crippen LogP contribution in [0.5, 0.6) is 0 Å². The standard InChI is InChI=1S/C12H13NO/c1-2-3-9-12(14)13-10-11-7-5-4-6-8-11/h2-9H,1,10H2,(H,13,14)/b9-3+. The predicted molar refractivity (Wildman–Crippen MR) is 57.6 cm³/mol. The minimum absolute atomic E-state index is 0.103. The van der Waals surface area contributed by atoms with E-state index in [1.54, 1.807) is 12.2 Å². The van der Waals surface area contributed by atoms with E-state index in [4.69, 9.17) is 0 Å². The van der Waals surface area contributed by atoms with E-state index in [-0.39, 0.29) is 5.91 Å². The molecule has 72 valence electrons. The van der Waals surface area contributed by atoms with Crippen molar-refractivity contribution in [1.82, 2.24) is 5.32 Å². The molecule has 0 spiro atoms. The van der Waals surface area contributed by atoms with Crippen molar-refractivity contribution < 1.29 is 4.79 Å². The van der Waals surface area contributed by atoms with Gasteiger partial charge in [0.05, 0.1) is 0 Å². The van der Waals surface area contributed by atoms with Crippen LogP contribution < -0.4 is 5.32 Å². The lowest BCUT2D eigenvalue weighted by Gasteiger charge is -2.01. The smallest absolute Gasteiger partial charge is 0.244 e. The van der Waals surface area contributed by atoms with Crippen LogP contribution in [-0.2, 0) is 11.3 Å². The van der Waals surface area contributed by atoms with E-state index in [0.29, 0.717) is 6.54 Å². The number of carbonyl (C=O) groups is 1. The Kier molecular flexibility index (Phi) is 4.21. The van der Waals surface area contributed by atoms with Crippen LogP contribution in [0.4, 0.5) is 0 Å². The summed E-state index contributed by atoms with van der Waals surface area (Å²) >= 11 is 0. The van der Waals surface area contributed by atoms with Crippen LogP contribution >= 0.6 is 0 Å². The second-order valence-electron chi connectivity index (χ2n) is 2.80. The van der Waals surface area contributed by atoms with E-state index in [9.17, 15) is 4.79 Å². The number of hydrogen-bond donors (Lipinski definition) is 1. The van der Waals surface area contributed by atoms with Gasteiger partial charge in [-0.15, -0.1) is 0 Å². The van der Waals surface area contributed by atoms with Crippen LogP contribution in [0.3, 0.4) is 0 Å². The first-order valence-electron chi connectivity index (χ1n) is 4.44. The van der Waals surface area contributed by atoms with Gasteiger partial charge in [-0.05, 0) is 5.56 Å². The van der Waals surface area contributed by atoms with Gasteiger partial charge in [0.2, 0.25) is 5.91 Å². The highest BCUT2D eigenvalue weighted by Crippen LogP contribution is 1.96. The summed E-state index contributed by atoms with van der Waals surface area (Å²) in [7, 11) is 0. The Morgan fingerprint density at radius 1 is 1.36 bits per heavy atom. The fraction of sp³-hybridized carbons (Fsp3) is 0.0833. The molecule has 1 aromatic rings. The molecule has 1 amide bonds. The lowest BCUT2D eigenvalue weighted by atomic mass is 10.2. The quantitative estimate of drug-likeness (QED) is 0.567. The van der Waals surface area contributed by atoms with Crippen LogP contribution in [0.2, 0.25) is 0 Å². The second-order valence-corrected chi connectivity index (χ2v) is 2.80. The summed E-state index contributed by atoms with van der Waals surface area (Å²) in [5.74, 6) is -0.103. The van der Waals surface area contributed by atoms with Crippen molar-refractivity contribution >= 4 is 5.91 Å². The Morgan fingerprint density at radius 2 is 2.07 bits per heavy atom. The van der Waals surface area contributed by atoms with E-state index in [1.165, 1.54) is 6.08 Å². The van der Waals surface area contributed by atoms with Crippen molar-refractivity contribution in [3.05, 3.63) is 60.7 Å². The highest BCUT2D eigenvalue weighted by molar-refractivity contribution is 5.87. The minimum atomic E-state index is -0.103. The van der Waals surface area contributed by atoms with E-state index in [1.807, 2.05) is 30.3 Å². The normalized spacial score (nSPS) is 10.0. The molecule has 0 bridgehead atoms. The molecule has 1 N–H and O–H groups in total. The highest BCUT2D eigenvalue weighted by atomic mass is 16.1. The lowest BCUT2D eigenvalue weighted by molar-refractivity contribution is -0.116. The van der Waals surface area contributed by atoms with Gasteiger partial charge in [-0.1, -0.05) is 49.1 Å². The average Bonchev–Trinajstić information content (AvgIpc) is 2.25. The molecular formula is C12H13NO. The first-order valence-corrected chi connectivity index (χ1v) is 4.44. The molecule has 0 heterocycles. The van der Waals surface area contributed by atoms with Gasteiger partial charge in [0.15, 0.2) is 0 Å². The lowest BCUT2D eigenvalue weighted by Crippen LogP contribution is -2.20. The fourth-order valence-corrected chi connectivity index (χ4v) is 0.999. The van der Waals surface area contributed by atoms with Crippen LogP contribution in [0.25, 0.3) is 0 Å². The van der Waals surface area contributed by atoms with Crippen molar-refractivity contribution in [2.75, 3.05) is 0 Å². The topological polar surface area (TPSA) is 29.1 Å². The van der Waals surface area contributed by atoms with Crippen LogP contribution in [0.1, 0.15) is 5.56 Å². The number of hydrogen-bond acceptors (Lipinski definition) is 1. The molecule has 0 saturated carbocycles. The third kappa shape index (κ3) is 3.72. The van der Waals surface area contributed by atoms with Gasteiger partial charge in [-0.2, -0.15) is 0 Å². The first kappa shape index (κ1) is 10.3. The van der Waals surface area contributed by atoms with Crippen molar-refractivity contribution in [1.29, 1.82) is 0 Å². The molecule has 0 saturated heterocycles. The van der Waals surface area contributed by atoms with Crippen LogP contribution in [-0.4, -0.2) is 5.91 Å². The Morgan fingerprint density at radius 3 is 2.71 bits per heavy atom. The molecule has 0 aromatic heterocycles. The molecule has 0 atom stereocenters. The summed E-state index contributed by atoms with van der Waals surface area (Å²) in [5, 5.41) is 2.76. The van der Waals surface area contributed by atoms with Crippen molar-refractivity contribution in [3.63, 3.8) is 0 Å². The Balaban J connectivity index is 2.38. The maximum atomic E-state index is 11.1. The maximum absolute atomic E-state index is 11.1. The molecule has 0 aliphatic heterocycles. The van der Waals surface area contributed by atoms with E-state index in [2.05, 4.69) is 11.9 Å². The Labute approximate surface area is 84.0 Å². The van der Waals surface area contributed by atoms with Gasteiger partial charge >= 0.3 is 0 Å². The van der Waals surface area contributed by atoms with Crippen molar-refractivity contribution in [2.45, 2.75) is 6.54 Å². The minimum Gasteiger partial charge on any atom is -0.348 e. The number of carbonyl (C=O) groups excluding carboxylic acids is 1. The number of benzene rings is 1. The fourth-order valence-electron chi connectivity index (χ4n) is 0.999. The summed E-state index contributed by atoms with van der Waals surface area (Å²) in [5.41, 5.74) is 1.09. The summed E-state index contributed by atoms with van der Waals surface area (Å²) in [6.07, 6.45) is 4.64. The van der Waals surface area contributed by atoms with Gasteiger partial charge in [-0.3, -0.25) is 4.79 Å². The zero-order valence-electron chi connectivity index (χ0n) is 7.94. The van der Waals surface area contributed by atoms with Gasteiger partial charge in [0.25, 0.3) is 0 Å². The largest absolute Gasteiger partial charge is 0.348 e. The third-order valence-corrected chi connectivity index (χ3v) is 1.69. The van der Waals surface area contributed by atoms with E-state index >= 15 is 0 Å². The maximum Gasteiger partial charge on any atom is 0.244 e. The van der Waals surface area contributed by atoms with Gasteiger partial charge in [-0.25, -0.2) is 0 Å². The molecule has 0 radical (unpaired) electrons. The molecule has 0 fully saturated rings. The molecule has 0 unspecified atom stereocenters. The Bertz CT molecular complexity index is 327. The number of allylic oxidation sites excluding steroid dienone is 2. The van der Waals surface area contributed by atoms with Crippen LogP contribution in [0.15, 0.2) is 55.1 Å². The zero-order chi connectivity index (χ0) is 10.2. The Hall–Kier alpha value is -1.83. The predicted octanol–water partition coefficient (Wildman–Crippen LogP) is 2.04. The summed E-state index contributed by atoms with van der Waals surface area (Å²) in [4.78, 5) is 11.1. The molecule has 14 heavy (non-hydrogen) atoms. The van der Waals surface area contributed by atoms with Gasteiger partial charge in [0, 0.05) is 12.6 Å². The van der Waals surface area contributed by atoms with Gasteiger partial charge in [0.1, 0.15) is 0 Å². The molecule has 2 heteroatoms. The summed E-state index contributed by atoms with van der Waals surface area (Å²) in [6, 6.07) is 9.78. The van der Waals surface area contributed by atoms with Crippen molar-refractivity contribution in [3.8, 4) is 0 Å². The average molecular weight is 187 g/mol. The van der Waals surface area contributed by atoms with Crippen molar-refractivity contribution in [2.24, 2.45) is 0 Å². The number of nitrogens with one attached hydrogen (secondary N) is 1. The third-order valence-electron chi connectivity index (χ3n) is 1.69. The highest BCUT2D eigenvalue weighted by Gasteiger charge is 1.94. The second kappa shape index (κ2) is 5.75.